The van der Waals surface area contributed by atoms with Crippen molar-refractivity contribution in [3.8, 4) is 0 Å². The lowest BCUT2D eigenvalue weighted by atomic mass is 9.99. The molecule has 0 aromatic rings. The zero-order valence-corrected chi connectivity index (χ0v) is 7.00. The van der Waals surface area contributed by atoms with Crippen molar-refractivity contribution in [1.82, 2.24) is 0 Å². The lowest BCUT2D eigenvalue weighted by Gasteiger charge is -2.17. The molecule has 0 heterocycles. The number of carbonyl (C=O) groups is 1. The van der Waals surface area contributed by atoms with E-state index in [0.29, 0.717) is 12.8 Å². The van der Waals surface area contributed by atoms with Crippen molar-refractivity contribution in [2.45, 2.75) is 31.2 Å². The Kier molecular flexibility index (Phi) is 2.61. The van der Waals surface area contributed by atoms with E-state index in [1.54, 1.807) is 0 Å². The van der Waals surface area contributed by atoms with Gasteiger partial charge in [-0.25, -0.2) is 9.59 Å². The number of carbonyl (C=O) groups excluding carboxylic acids is 2. The average molecular weight is 169 g/mol. The van der Waals surface area contributed by atoms with Crippen molar-refractivity contribution < 1.29 is 14.3 Å². The summed E-state index contributed by atoms with van der Waals surface area (Å²) in [6, 6.07) is 0. The molecule has 0 aliphatic heterocycles. The molecule has 1 saturated carbocycles. The lowest BCUT2D eigenvalue weighted by molar-refractivity contribution is -0.146. The summed E-state index contributed by atoms with van der Waals surface area (Å²) in [7, 11) is 1.31. The summed E-state index contributed by atoms with van der Waals surface area (Å²) in [4.78, 5) is 24.9. The first kappa shape index (κ1) is 8.94. The van der Waals surface area contributed by atoms with Gasteiger partial charge in [0.05, 0.1) is 7.11 Å². The molecule has 1 fully saturated rings. The maximum Gasteiger partial charge on any atom is 0.334 e. The Hall–Kier alpha value is -1.15. The number of hydrogen-bond acceptors (Lipinski definition) is 4. The van der Waals surface area contributed by atoms with Crippen LogP contribution in [0.3, 0.4) is 0 Å². The van der Waals surface area contributed by atoms with Crippen LogP contribution in [-0.4, -0.2) is 24.7 Å². The molecule has 0 amide bonds. The molecule has 0 spiro atoms. The Morgan fingerprint density at radius 3 is 2.50 bits per heavy atom. The highest BCUT2D eigenvalue weighted by atomic mass is 16.5. The van der Waals surface area contributed by atoms with Gasteiger partial charge in [-0.05, 0) is 12.8 Å². The predicted octanol–water partition coefficient (Wildman–Crippen LogP) is 0.808. The highest BCUT2D eigenvalue weighted by Gasteiger charge is 2.42. The second-order valence-electron chi connectivity index (χ2n) is 2.93. The average Bonchev–Trinajstić information content (AvgIpc) is 2.53. The molecule has 4 heteroatoms. The number of nitrogens with zero attached hydrogens (tertiary/aromatic N) is 1. The van der Waals surface area contributed by atoms with Gasteiger partial charge in [0.2, 0.25) is 6.08 Å². The molecule has 1 rings (SSSR count). The third kappa shape index (κ3) is 1.38. The highest BCUT2D eigenvalue weighted by molar-refractivity contribution is 5.82. The van der Waals surface area contributed by atoms with Crippen LogP contribution in [-0.2, 0) is 14.3 Å². The zero-order valence-electron chi connectivity index (χ0n) is 7.00. The summed E-state index contributed by atoms with van der Waals surface area (Å²) in [6.45, 7) is 0. The molecule has 0 unspecified atom stereocenters. The smallest absolute Gasteiger partial charge is 0.334 e. The van der Waals surface area contributed by atoms with Crippen molar-refractivity contribution in [2.24, 2.45) is 4.99 Å². The van der Waals surface area contributed by atoms with E-state index < -0.39 is 11.5 Å². The third-order valence-corrected chi connectivity index (χ3v) is 2.26. The van der Waals surface area contributed by atoms with Gasteiger partial charge in [0.15, 0.2) is 5.54 Å². The molecule has 0 bridgehead atoms. The standard InChI is InChI=1S/C8H11NO3/c1-12-7(11)8(9-6-10)4-2-3-5-8/h2-5H2,1H3. The van der Waals surface area contributed by atoms with E-state index in [1.165, 1.54) is 13.2 Å². The van der Waals surface area contributed by atoms with Crippen molar-refractivity contribution in [2.75, 3.05) is 7.11 Å². The number of methoxy groups -OCH3 is 1. The van der Waals surface area contributed by atoms with E-state index in [1.807, 2.05) is 0 Å². The fourth-order valence-electron chi connectivity index (χ4n) is 1.60. The molecule has 1 aliphatic rings. The molecule has 1 aliphatic carbocycles. The van der Waals surface area contributed by atoms with E-state index in [-0.39, 0.29) is 0 Å². The largest absolute Gasteiger partial charge is 0.467 e. The molecule has 0 aromatic carbocycles. The molecular weight excluding hydrogens is 158 g/mol. The van der Waals surface area contributed by atoms with Crippen molar-refractivity contribution in [3.63, 3.8) is 0 Å². The molecule has 0 aromatic heterocycles. The van der Waals surface area contributed by atoms with Gasteiger partial charge in [0.25, 0.3) is 0 Å². The first-order chi connectivity index (χ1) is 5.75. The van der Waals surface area contributed by atoms with Crippen LogP contribution in [0.2, 0.25) is 0 Å². The van der Waals surface area contributed by atoms with Crippen LogP contribution >= 0.6 is 0 Å². The Morgan fingerprint density at radius 2 is 2.08 bits per heavy atom. The summed E-state index contributed by atoms with van der Waals surface area (Å²) in [5, 5.41) is 0. The maximum absolute atomic E-state index is 11.2. The Balaban J connectivity index is 2.85. The second kappa shape index (κ2) is 3.50. The van der Waals surface area contributed by atoms with Crippen molar-refractivity contribution in [1.29, 1.82) is 0 Å². The Bertz CT molecular complexity index is 224. The van der Waals surface area contributed by atoms with Gasteiger partial charge < -0.3 is 4.74 Å². The number of hydrogen-bond donors (Lipinski definition) is 0. The summed E-state index contributed by atoms with van der Waals surface area (Å²) in [5.41, 5.74) is -0.906. The minimum Gasteiger partial charge on any atom is -0.467 e. The molecule has 0 saturated heterocycles. The zero-order chi connectivity index (χ0) is 9.03. The SMILES string of the molecule is COC(=O)C1(N=C=O)CCCC1. The van der Waals surface area contributed by atoms with E-state index in [2.05, 4.69) is 9.73 Å². The number of aliphatic imine (C=N–C) groups is 1. The summed E-state index contributed by atoms with van der Waals surface area (Å²) in [5.74, 6) is -0.414. The second-order valence-corrected chi connectivity index (χ2v) is 2.93. The van der Waals surface area contributed by atoms with Crippen LogP contribution in [0.1, 0.15) is 25.7 Å². The van der Waals surface area contributed by atoms with Gasteiger partial charge in [-0.1, -0.05) is 12.8 Å². The van der Waals surface area contributed by atoms with E-state index in [0.717, 1.165) is 12.8 Å². The molecule has 0 N–H and O–H groups in total. The molecule has 66 valence electrons. The van der Waals surface area contributed by atoms with E-state index in [4.69, 9.17) is 0 Å². The van der Waals surface area contributed by atoms with Crippen LogP contribution < -0.4 is 0 Å². The fraction of sp³-hybridized carbons (Fsp3) is 0.750. The number of isocyanates is 1. The van der Waals surface area contributed by atoms with E-state index >= 15 is 0 Å². The maximum atomic E-state index is 11.2. The number of ether oxygens (including phenoxy) is 1. The number of rotatable bonds is 2. The van der Waals surface area contributed by atoms with Crippen LogP contribution in [0, 0.1) is 0 Å². The van der Waals surface area contributed by atoms with Crippen molar-refractivity contribution >= 4 is 12.0 Å². The summed E-state index contributed by atoms with van der Waals surface area (Å²) in [6.07, 6.45) is 4.49. The van der Waals surface area contributed by atoms with Crippen LogP contribution in [0.25, 0.3) is 0 Å². The molecule has 0 atom stereocenters. The normalized spacial score (nSPS) is 19.8. The van der Waals surface area contributed by atoms with E-state index in [9.17, 15) is 9.59 Å². The predicted molar refractivity (Wildman–Crippen MR) is 41.3 cm³/mol. The van der Waals surface area contributed by atoms with Gasteiger partial charge in [-0.15, -0.1) is 0 Å². The minimum atomic E-state index is -0.906. The summed E-state index contributed by atoms with van der Waals surface area (Å²) < 4.78 is 4.58. The number of esters is 1. The monoisotopic (exact) mass is 169 g/mol. The Morgan fingerprint density at radius 1 is 1.50 bits per heavy atom. The minimum absolute atomic E-state index is 0.414. The molecule has 4 nitrogen and oxygen atoms in total. The van der Waals surface area contributed by atoms with Crippen molar-refractivity contribution in [3.05, 3.63) is 0 Å². The highest BCUT2D eigenvalue weighted by Crippen LogP contribution is 2.33. The van der Waals surface area contributed by atoms with Crippen LogP contribution in [0.4, 0.5) is 0 Å². The lowest BCUT2D eigenvalue weighted by Crippen LogP contribution is -2.34. The first-order valence-corrected chi connectivity index (χ1v) is 3.92. The topological polar surface area (TPSA) is 55.7 Å². The van der Waals surface area contributed by atoms with Crippen LogP contribution in [0.5, 0.6) is 0 Å². The summed E-state index contributed by atoms with van der Waals surface area (Å²) >= 11 is 0. The van der Waals surface area contributed by atoms with Crippen LogP contribution in [0.15, 0.2) is 4.99 Å². The van der Waals surface area contributed by atoms with Gasteiger partial charge >= 0.3 is 5.97 Å². The Labute approximate surface area is 70.6 Å². The fourth-order valence-corrected chi connectivity index (χ4v) is 1.60. The quantitative estimate of drug-likeness (QED) is 0.349. The van der Waals surface area contributed by atoms with Gasteiger partial charge in [-0.2, -0.15) is 4.99 Å². The molecular formula is C8H11NO3. The van der Waals surface area contributed by atoms with Gasteiger partial charge in [-0.3, -0.25) is 0 Å². The molecule has 12 heavy (non-hydrogen) atoms. The third-order valence-electron chi connectivity index (χ3n) is 2.26. The van der Waals surface area contributed by atoms with Gasteiger partial charge in [0, 0.05) is 0 Å². The van der Waals surface area contributed by atoms with Gasteiger partial charge in [0.1, 0.15) is 0 Å². The first-order valence-electron chi connectivity index (χ1n) is 3.92. The molecule has 0 radical (unpaired) electrons.